The number of nitrogens with one attached hydrogen (secondary N) is 2. The van der Waals surface area contributed by atoms with Crippen molar-refractivity contribution in [3.63, 3.8) is 0 Å². The molecule has 0 unspecified atom stereocenters. The van der Waals surface area contributed by atoms with Crippen LogP contribution < -0.4 is 15.6 Å². The molecule has 0 aliphatic heterocycles. The van der Waals surface area contributed by atoms with Crippen LogP contribution in [0.15, 0.2) is 17.1 Å². The third-order valence-corrected chi connectivity index (χ3v) is 1.43. The molecule has 1 aromatic rings. The molecular weight excluding hydrogens is 184 g/mol. The fourth-order valence-electron chi connectivity index (χ4n) is 0.581. The van der Waals surface area contributed by atoms with Gasteiger partial charge in [0.15, 0.2) is 0 Å². The lowest BCUT2D eigenvalue weighted by Gasteiger charge is -2.00. The molecule has 66 valence electrons. The molecule has 0 bridgehead atoms. The van der Waals surface area contributed by atoms with E-state index in [-0.39, 0.29) is 5.82 Å². The molecule has 12 heavy (non-hydrogen) atoms. The van der Waals surface area contributed by atoms with E-state index in [1.807, 2.05) is 4.72 Å². The summed E-state index contributed by atoms with van der Waals surface area (Å²) >= 11 is 0. The summed E-state index contributed by atoms with van der Waals surface area (Å²) in [6.45, 7) is 0. The third kappa shape index (κ3) is 2.68. The van der Waals surface area contributed by atoms with Gasteiger partial charge in [0.05, 0.1) is 0 Å². The molecule has 0 aliphatic rings. The van der Waals surface area contributed by atoms with Crippen LogP contribution in [0.5, 0.6) is 0 Å². The van der Waals surface area contributed by atoms with Gasteiger partial charge in [-0.2, -0.15) is 8.42 Å². The second-order valence-electron chi connectivity index (χ2n) is 1.94. The Morgan fingerprint density at radius 1 is 1.58 bits per heavy atom. The Morgan fingerprint density at radius 2 is 2.25 bits per heavy atom. The van der Waals surface area contributed by atoms with E-state index in [9.17, 15) is 13.2 Å². The summed E-state index contributed by atoms with van der Waals surface area (Å²) in [6.07, 6.45) is 1.16. The first kappa shape index (κ1) is 8.68. The number of H-pyrrole nitrogens is 1. The van der Waals surface area contributed by atoms with E-state index in [0.29, 0.717) is 0 Å². The minimum absolute atomic E-state index is 0.0162. The maximum absolute atomic E-state index is 10.5. The first-order valence-electron chi connectivity index (χ1n) is 2.83. The van der Waals surface area contributed by atoms with Crippen molar-refractivity contribution >= 4 is 16.0 Å². The zero-order chi connectivity index (χ0) is 9.19. The van der Waals surface area contributed by atoms with Gasteiger partial charge in [-0.3, -0.25) is 9.71 Å². The largest absolute Gasteiger partial charge is 0.346 e. The van der Waals surface area contributed by atoms with Crippen LogP contribution in [-0.2, 0) is 10.2 Å². The van der Waals surface area contributed by atoms with E-state index in [1.54, 1.807) is 0 Å². The second-order valence-corrected chi connectivity index (χ2v) is 3.23. The molecule has 0 fully saturated rings. The van der Waals surface area contributed by atoms with Crippen LogP contribution in [0.1, 0.15) is 0 Å². The van der Waals surface area contributed by atoms with E-state index in [1.165, 1.54) is 6.07 Å². The number of hydrogen-bond donors (Lipinski definition) is 3. The van der Waals surface area contributed by atoms with Crippen LogP contribution in [0, 0.1) is 0 Å². The van der Waals surface area contributed by atoms with Crippen molar-refractivity contribution in [2.75, 3.05) is 4.72 Å². The second kappa shape index (κ2) is 2.91. The maximum Gasteiger partial charge on any atom is 0.346 e. The molecule has 0 spiro atoms. The maximum atomic E-state index is 10.5. The topological polar surface area (TPSA) is 118 Å². The van der Waals surface area contributed by atoms with Crippen LogP contribution >= 0.6 is 0 Å². The average Bonchev–Trinajstić information content (AvgIpc) is 1.82. The standard InChI is InChI=1S/C4H6N4O3S/c5-12(10,11)8-3-1-2-6-4(9)7-3/h1-2H,(H2,5,10,11)(H2,6,7,8,9). The fraction of sp³-hybridized carbons (Fsp3) is 0. The molecule has 0 aliphatic carbocycles. The van der Waals surface area contributed by atoms with E-state index in [4.69, 9.17) is 0 Å². The van der Waals surface area contributed by atoms with Crippen molar-refractivity contribution < 1.29 is 8.42 Å². The molecule has 1 heterocycles. The Hall–Kier alpha value is -1.41. The van der Waals surface area contributed by atoms with Crippen LogP contribution in [-0.4, -0.2) is 18.4 Å². The summed E-state index contributed by atoms with van der Waals surface area (Å²) in [4.78, 5) is 15.9. The lowest BCUT2D eigenvalue weighted by atomic mass is 10.6. The summed E-state index contributed by atoms with van der Waals surface area (Å²) in [5.41, 5.74) is -0.649. The number of hydrogen-bond acceptors (Lipinski definition) is 4. The van der Waals surface area contributed by atoms with Gasteiger partial charge >= 0.3 is 5.69 Å². The Labute approximate surface area is 67.8 Å². The molecule has 4 N–H and O–H groups in total. The third-order valence-electron chi connectivity index (χ3n) is 0.927. The predicted molar refractivity (Wildman–Crippen MR) is 41.6 cm³/mol. The van der Waals surface area contributed by atoms with Gasteiger partial charge in [0.25, 0.3) is 10.2 Å². The summed E-state index contributed by atoms with van der Waals surface area (Å²) in [7, 11) is -3.84. The molecular formula is C4H6N4O3S. The lowest BCUT2D eigenvalue weighted by molar-refractivity contribution is 0.602. The molecule has 1 rings (SSSR count). The minimum atomic E-state index is -3.84. The Balaban J connectivity index is 2.99. The van der Waals surface area contributed by atoms with E-state index < -0.39 is 15.9 Å². The van der Waals surface area contributed by atoms with Gasteiger partial charge in [0.2, 0.25) is 0 Å². The van der Waals surface area contributed by atoms with E-state index >= 15 is 0 Å². The van der Waals surface area contributed by atoms with E-state index in [0.717, 1.165) is 6.20 Å². The van der Waals surface area contributed by atoms with Crippen molar-refractivity contribution in [2.45, 2.75) is 0 Å². The van der Waals surface area contributed by atoms with Gasteiger partial charge in [-0.05, 0) is 6.07 Å². The first-order chi connectivity index (χ1) is 5.47. The Bertz CT molecular complexity index is 422. The molecule has 0 saturated carbocycles. The molecule has 7 nitrogen and oxygen atoms in total. The zero-order valence-corrected chi connectivity index (χ0v) is 6.63. The molecule has 8 heteroatoms. The van der Waals surface area contributed by atoms with Gasteiger partial charge < -0.3 is 0 Å². The van der Waals surface area contributed by atoms with E-state index in [2.05, 4.69) is 15.1 Å². The van der Waals surface area contributed by atoms with Crippen molar-refractivity contribution in [3.05, 3.63) is 22.7 Å². The van der Waals surface area contributed by atoms with Gasteiger partial charge in [-0.15, -0.1) is 0 Å². The van der Waals surface area contributed by atoms with Crippen LogP contribution in [0.2, 0.25) is 0 Å². The average molecular weight is 190 g/mol. The highest BCUT2D eigenvalue weighted by atomic mass is 32.2. The highest BCUT2D eigenvalue weighted by molar-refractivity contribution is 7.90. The monoisotopic (exact) mass is 190 g/mol. The van der Waals surface area contributed by atoms with Crippen LogP contribution in [0.3, 0.4) is 0 Å². The molecule has 0 amide bonds. The van der Waals surface area contributed by atoms with Gasteiger partial charge in [-0.25, -0.2) is 14.9 Å². The van der Waals surface area contributed by atoms with Gasteiger partial charge in [0.1, 0.15) is 5.82 Å². The lowest BCUT2D eigenvalue weighted by Crippen LogP contribution is -2.24. The Morgan fingerprint density at radius 3 is 2.75 bits per heavy atom. The zero-order valence-electron chi connectivity index (χ0n) is 5.81. The molecule has 0 atom stereocenters. The van der Waals surface area contributed by atoms with Gasteiger partial charge in [0, 0.05) is 6.20 Å². The summed E-state index contributed by atoms with van der Waals surface area (Å²) in [6, 6.07) is 1.27. The van der Waals surface area contributed by atoms with Gasteiger partial charge in [-0.1, -0.05) is 0 Å². The highest BCUT2D eigenvalue weighted by Gasteiger charge is 2.01. The molecule has 0 saturated heterocycles. The van der Waals surface area contributed by atoms with Crippen molar-refractivity contribution in [1.29, 1.82) is 0 Å². The normalized spacial score (nSPS) is 11.1. The smallest absolute Gasteiger partial charge is 0.291 e. The Kier molecular flexibility index (Phi) is 2.11. The SMILES string of the molecule is NS(=O)(=O)Nc1ccnc(=O)[nH]1. The fourth-order valence-corrected chi connectivity index (χ4v) is 1.01. The summed E-state index contributed by atoms with van der Waals surface area (Å²) in [5, 5.41) is 4.64. The number of nitrogens with two attached hydrogens (primary N) is 1. The summed E-state index contributed by atoms with van der Waals surface area (Å²) in [5.74, 6) is -0.0162. The predicted octanol–water partition coefficient (Wildman–Crippen LogP) is -1.61. The number of aromatic nitrogens is 2. The molecule has 1 aromatic heterocycles. The van der Waals surface area contributed by atoms with Crippen molar-refractivity contribution in [1.82, 2.24) is 9.97 Å². The van der Waals surface area contributed by atoms with Crippen LogP contribution in [0.4, 0.5) is 5.82 Å². The molecule has 0 aromatic carbocycles. The minimum Gasteiger partial charge on any atom is -0.291 e. The number of anilines is 1. The molecule has 0 radical (unpaired) electrons. The number of nitrogens with zero attached hydrogens (tertiary/aromatic N) is 1. The number of aromatic amines is 1. The quantitative estimate of drug-likeness (QED) is 0.519. The van der Waals surface area contributed by atoms with Crippen molar-refractivity contribution in [3.8, 4) is 0 Å². The summed E-state index contributed by atoms with van der Waals surface area (Å²) < 4.78 is 22.7. The number of rotatable bonds is 2. The first-order valence-corrected chi connectivity index (χ1v) is 4.38. The van der Waals surface area contributed by atoms with Crippen molar-refractivity contribution in [2.24, 2.45) is 5.14 Å². The van der Waals surface area contributed by atoms with Crippen LogP contribution in [0.25, 0.3) is 0 Å². The highest BCUT2D eigenvalue weighted by Crippen LogP contribution is 1.96.